The average Bonchev–Trinajstić information content (AvgIpc) is 3.25. The summed E-state index contributed by atoms with van der Waals surface area (Å²) < 4.78 is 0. The molecule has 0 saturated heterocycles. The van der Waals surface area contributed by atoms with Gasteiger partial charge in [-0.2, -0.15) is 0 Å². The van der Waals surface area contributed by atoms with Gasteiger partial charge in [0.25, 0.3) is 0 Å². The van der Waals surface area contributed by atoms with Gasteiger partial charge in [0.15, 0.2) is 0 Å². The summed E-state index contributed by atoms with van der Waals surface area (Å²) in [5, 5.41) is 1.64. The highest BCUT2D eigenvalue weighted by molar-refractivity contribution is 6.95. The number of hydrogen-bond acceptors (Lipinski definition) is 0. The molecule has 1 aliphatic carbocycles. The van der Waals surface area contributed by atoms with Crippen LogP contribution in [0.2, 0.25) is 13.1 Å². The van der Waals surface area contributed by atoms with Crippen molar-refractivity contribution in [3.8, 4) is 0 Å². The predicted octanol–water partition coefficient (Wildman–Crippen LogP) is 8.50. The van der Waals surface area contributed by atoms with Crippen molar-refractivity contribution >= 4 is 13.3 Å². The molecule has 0 saturated carbocycles. The number of unbranched alkanes of at least 4 members (excludes halogenated alkanes) is 6. The van der Waals surface area contributed by atoms with Crippen molar-refractivity contribution in [3.63, 3.8) is 0 Å². The maximum atomic E-state index is 2.57. The fourth-order valence-electron chi connectivity index (χ4n) is 4.48. The monoisotopic (exact) mass is 423 g/mol. The van der Waals surface area contributed by atoms with Gasteiger partial charge in [-0.25, -0.2) is 0 Å². The van der Waals surface area contributed by atoms with Gasteiger partial charge in [-0.05, 0) is 54.7 Å². The summed E-state index contributed by atoms with van der Waals surface area (Å²) >= 11 is 0. The lowest BCUT2D eigenvalue weighted by molar-refractivity contribution is 0.661. The van der Waals surface area contributed by atoms with Crippen LogP contribution in [0.1, 0.15) is 96.6 Å². The van der Waals surface area contributed by atoms with Crippen LogP contribution >= 0.6 is 0 Å². The summed E-state index contributed by atoms with van der Waals surface area (Å²) in [4.78, 5) is 0. The first-order valence-corrected chi connectivity index (χ1v) is 15.8. The molecule has 1 aliphatic rings. The molecule has 0 aliphatic heterocycles. The molecule has 30 heavy (non-hydrogen) atoms. The molecule has 1 atom stereocenters. The molecule has 1 radical (unpaired) electrons. The van der Waals surface area contributed by atoms with Gasteiger partial charge in [-0.1, -0.05) is 121 Å². The van der Waals surface area contributed by atoms with Crippen molar-refractivity contribution in [3.05, 3.63) is 58.7 Å². The standard InChI is InChI=1S/C29H47Si/c1-7-10-12-14-16-25-20-26(17-15-13-11-8-2)22-29(21-25)30(5,6)28-19-18-27(23-28)24(4)9-3/h18-24H,7-17H2,1-6H3. The van der Waals surface area contributed by atoms with Crippen molar-refractivity contribution in [2.24, 2.45) is 5.92 Å². The Morgan fingerprint density at radius 3 is 1.80 bits per heavy atom. The molecule has 0 amide bonds. The van der Waals surface area contributed by atoms with Gasteiger partial charge in [0.05, 0.1) is 8.07 Å². The Bertz CT molecular complexity index is 664. The highest BCUT2D eigenvalue weighted by Crippen LogP contribution is 2.32. The molecule has 0 spiro atoms. The van der Waals surface area contributed by atoms with E-state index in [1.54, 1.807) is 21.9 Å². The second-order valence-corrected chi connectivity index (χ2v) is 14.4. The van der Waals surface area contributed by atoms with Crippen LogP contribution in [-0.2, 0) is 12.8 Å². The molecule has 1 unspecified atom stereocenters. The van der Waals surface area contributed by atoms with Crippen molar-refractivity contribution < 1.29 is 0 Å². The lowest BCUT2D eigenvalue weighted by atomic mass is 10.00. The Labute approximate surface area is 189 Å². The van der Waals surface area contributed by atoms with Crippen LogP contribution in [0.25, 0.3) is 0 Å². The van der Waals surface area contributed by atoms with E-state index < -0.39 is 8.07 Å². The fourth-order valence-corrected chi connectivity index (χ4v) is 6.94. The minimum Gasteiger partial charge on any atom is -0.0757 e. The van der Waals surface area contributed by atoms with E-state index in [0.717, 1.165) is 0 Å². The topological polar surface area (TPSA) is 0 Å². The number of benzene rings is 1. The molecule has 167 valence electrons. The van der Waals surface area contributed by atoms with Gasteiger partial charge in [0.2, 0.25) is 0 Å². The van der Waals surface area contributed by atoms with Crippen molar-refractivity contribution in [2.45, 2.75) is 111 Å². The Morgan fingerprint density at radius 1 is 0.733 bits per heavy atom. The average molecular weight is 424 g/mol. The van der Waals surface area contributed by atoms with Gasteiger partial charge in [-0.3, -0.25) is 0 Å². The van der Waals surface area contributed by atoms with E-state index in [9.17, 15) is 0 Å². The van der Waals surface area contributed by atoms with Gasteiger partial charge in [0, 0.05) is 5.54 Å². The first-order chi connectivity index (χ1) is 14.4. The second-order valence-electron chi connectivity index (χ2n) is 10.0. The zero-order valence-electron chi connectivity index (χ0n) is 20.8. The third-order valence-corrected chi connectivity index (χ3v) is 10.6. The molecule has 0 nitrogen and oxygen atoms in total. The summed E-state index contributed by atoms with van der Waals surface area (Å²) in [6.07, 6.45) is 21.9. The molecule has 1 aromatic rings. The summed E-state index contributed by atoms with van der Waals surface area (Å²) in [6.45, 7) is 14.4. The number of allylic oxidation sites excluding steroid dienone is 4. The third kappa shape index (κ3) is 7.26. The smallest absolute Gasteiger partial charge is 0.0757 e. The number of aryl methyl sites for hydroxylation is 2. The maximum Gasteiger partial charge on any atom is 0.0958 e. The van der Waals surface area contributed by atoms with Crippen molar-refractivity contribution in [2.75, 3.05) is 0 Å². The minimum atomic E-state index is -1.66. The van der Waals surface area contributed by atoms with E-state index in [2.05, 4.69) is 77.2 Å². The van der Waals surface area contributed by atoms with E-state index in [4.69, 9.17) is 0 Å². The minimum absolute atomic E-state index is 0.669. The highest BCUT2D eigenvalue weighted by Gasteiger charge is 2.34. The molecule has 0 N–H and O–H groups in total. The Morgan fingerprint density at radius 2 is 1.30 bits per heavy atom. The van der Waals surface area contributed by atoms with E-state index in [0.29, 0.717) is 5.92 Å². The lowest BCUT2D eigenvalue weighted by Gasteiger charge is -2.29. The SMILES string of the molecule is CCCCCCc1cc(CCCCCC)cc([Si](C)(C)[C]2C=CC(C(C)CC)=C2)c1. The quantitative estimate of drug-likeness (QED) is 0.208. The Kier molecular flexibility index (Phi) is 10.7. The molecular weight excluding hydrogens is 376 g/mol. The van der Waals surface area contributed by atoms with Crippen molar-refractivity contribution in [1.82, 2.24) is 0 Å². The van der Waals surface area contributed by atoms with Gasteiger partial charge >= 0.3 is 0 Å². The lowest BCUT2D eigenvalue weighted by Crippen LogP contribution is -2.46. The third-order valence-electron chi connectivity index (χ3n) is 7.09. The molecule has 1 heteroatoms. The van der Waals surface area contributed by atoms with Crippen LogP contribution < -0.4 is 5.19 Å². The van der Waals surface area contributed by atoms with Crippen LogP contribution in [0.5, 0.6) is 0 Å². The van der Waals surface area contributed by atoms with Crippen LogP contribution in [0, 0.1) is 11.5 Å². The maximum absolute atomic E-state index is 2.57. The van der Waals surface area contributed by atoms with E-state index in [-0.39, 0.29) is 0 Å². The molecule has 1 aromatic carbocycles. The van der Waals surface area contributed by atoms with Gasteiger partial charge in [-0.15, -0.1) is 0 Å². The first-order valence-electron chi connectivity index (χ1n) is 12.8. The molecular formula is C29H47Si. The molecule has 0 aromatic heterocycles. The van der Waals surface area contributed by atoms with Crippen LogP contribution in [0.15, 0.2) is 42.0 Å². The first kappa shape index (κ1) is 25.2. The molecule has 0 heterocycles. The fraction of sp³-hybridized carbons (Fsp3) is 0.621. The van der Waals surface area contributed by atoms with Crippen LogP contribution in [0.4, 0.5) is 0 Å². The van der Waals surface area contributed by atoms with Gasteiger partial charge in [0.1, 0.15) is 0 Å². The Hall–Kier alpha value is -1.08. The summed E-state index contributed by atoms with van der Waals surface area (Å²) in [6, 6.07) is 7.68. The Balaban J connectivity index is 2.22. The summed E-state index contributed by atoms with van der Waals surface area (Å²) in [7, 11) is -1.66. The van der Waals surface area contributed by atoms with E-state index in [1.165, 1.54) is 76.2 Å². The van der Waals surface area contributed by atoms with Crippen LogP contribution in [0.3, 0.4) is 0 Å². The zero-order chi connectivity index (χ0) is 22.0. The second kappa shape index (κ2) is 12.7. The normalized spacial score (nSPS) is 15.6. The molecule has 0 bridgehead atoms. The molecule has 2 rings (SSSR count). The van der Waals surface area contributed by atoms with Crippen molar-refractivity contribution in [1.29, 1.82) is 0 Å². The summed E-state index contributed by atoms with van der Waals surface area (Å²) in [5.74, 6) is 0.669. The van der Waals surface area contributed by atoms with E-state index >= 15 is 0 Å². The molecule has 0 fully saturated rings. The number of rotatable bonds is 14. The highest BCUT2D eigenvalue weighted by atomic mass is 28.3. The van der Waals surface area contributed by atoms with Crippen LogP contribution in [-0.4, -0.2) is 8.07 Å². The predicted molar refractivity (Wildman–Crippen MR) is 139 cm³/mol. The largest absolute Gasteiger partial charge is 0.0958 e. The summed E-state index contributed by atoms with van der Waals surface area (Å²) in [5.41, 5.74) is 6.31. The zero-order valence-corrected chi connectivity index (χ0v) is 21.8. The van der Waals surface area contributed by atoms with E-state index in [1.807, 2.05) is 0 Å². The van der Waals surface area contributed by atoms with Gasteiger partial charge < -0.3 is 0 Å². The number of hydrogen-bond donors (Lipinski definition) is 0.